The van der Waals surface area contributed by atoms with Gasteiger partial charge in [0, 0.05) is 31.9 Å². The highest BCUT2D eigenvalue weighted by Crippen LogP contribution is 2.41. The number of para-hydroxylation sites is 1. The summed E-state index contributed by atoms with van der Waals surface area (Å²) in [4.78, 5) is 11.0. The summed E-state index contributed by atoms with van der Waals surface area (Å²) in [5.74, 6) is 1.20. The normalized spacial score (nSPS) is 15.7. The van der Waals surface area contributed by atoms with Crippen LogP contribution in [0.2, 0.25) is 0 Å². The number of piperazine rings is 1. The van der Waals surface area contributed by atoms with E-state index in [1.165, 1.54) is 32.7 Å². The molecule has 1 saturated heterocycles. The van der Waals surface area contributed by atoms with Crippen molar-refractivity contribution in [2.75, 3.05) is 31.1 Å². The topological polar surface area (TPSA) is 70.0 Å². The highest BCUT2D eigenvalue weighted by molar-refractivity contribution is 7.17. The summed E-state index contributed by atoms with van der Waals surface area (Å²) in [6, 6.07) is 22.6. The molecular formula is C26H25N5O2S. The van der Waals surface area contributed by atoms with Crippen LogP contribution in [-0.4, -0.2) is 50.8 Å². The molecule has 1 fully saturated rings. The SMILES string of the molecule is Cc1cccc(C(c2sc3nc(-c4ccco4)nn3c2O)N2CCN(c3ccccc3)CC2)c1. The van der Waals surface area contributed by atoms with Gasteiger partial charge in [-0.05, 0) is 36.8 Å². The molecule has 0 spiro atoms. The number of rotatable bonds is 5. The number of aryl methyl sites for hydroxylation is 1. The maximum absolute atomic E-state index is 11.3. The van der Waals surface area contributed by atoms with Gasteiger partial charge in [-0.1, -0.05) is 59.4 Å². The first-order valence-corrected chi connectivity index (χ1v) is 12.2. The van der Waals surface area contributed by atoms with E-state index in [-0.39, 0.29) is 11.9 Å². The number of aromatic nitrogens is 3. The van der Waals surface area contributed by atoms with Crippen molar-refractivity contribution >= 4 is 22.0 Å². The summed E-state index contributed by atoms with van der Waals surface area (Å²) in [7, 11) is 0. The fraction of sp³-hybridized carbons (Fsp3) is 0.231. The van der Waals surface area contributed by atoms with Crippen molar-refractivity contribution < 1.29 is 9.52 Å². The van der Waals surface area contributed by atoms with Gasteiger partial charge >= 0.3 is 0 Å². The summed E-state index contributed by atoms with van der Waals surface area (Å²) >= 11 is 1.48. The van der Waals surface area contributed by atoms with Crippen molar-refractivity contribution in [1.29, 1.82) is 0 Å². The molecule has 0 amide bonds. The molecule has 1 aliphatic rings. The lowest BCUT2D eigenvalue weighted by Gasteiger charge is -2.40. The van der Waals surface area contributed by atoms with Crippen molar-refractivity contribution in [2.24, 2.45) is 0 Å². The largest absolute Gasteiger partial charge is 0.492 e. The number of thiazole rings is 1. The Bertz CT molecular complexity index is 1400. The molecule has 3 aromatic heterocycles. The van der Waals surface area contributed by atoms with Gasteiger partial charge in [0.05, 0.1) is 17.2 Å². The van der Waals surface area contributed by atoms with Crippen LogP contribution in [0.4, 0.5) is 5.69 Å². The van der Waals surface area contributed by atoms with Gasteiger partial charge in [0.15, 0.2) is 5.76 Å². The third-order valence-corrected chi connectivity index (χ3v) is 7.42. The predicted octanol–water partition coefficient (Wildman–Crippen LogP) is 4.98. The lowest BCUT2D eigenvalue weighted by molar-refractivity contribution is 0.211. The molecule has 4 heterocycles. The summed E-state index contributed by atoms with van der Waals surface area (Å²) in [6.07, 6.45) is 1.60. The van der Waals surface area contributed by atoms with Crippen molar-refractivity contribution in [1.82, 2.24) is 19.5 Å². The first-order chi connectivity index (χ1) is 16.7. The Morgan fingerprint density at radius 2 is 1.79 bits per heavy atom. The van der Waals surface area contributed by atoms with Crippen LogP contribution in [0.1, 0.15) is 22.0 Å². The molecule has 1 unspecified atom stereocenters. The standard InChI is InChI=1S/C26H25N5O2S/c1-18-7-5-8-19(17-18)22(30-14-12-29(13-15-30)20-9-3-2-4-10-20)23-25(32)31-26(34-23)27-24(28-31)21-11-6-16-33-21/h2-11,16-17,22,32H,12-15H2,1H3. The fourth-order valence-corrected chi connectivity index (χ4v) is 5.80. The van der Waals surface area contributed by atoms with E-state index in [2.05, 4.69) is 81.4 Å². The number of nitrogens with zero attached hydrogens (tertiary/aromatic N) is 5. The maximum Gasteiger partial charge on any atom is 0.230 e. The van der Waals surface area contributed by atoms with Gasteiger partial charge in [0.1, 0.15) is 0 Å². The minimum Gasteiger partial charge on any atom is -0.492 e. The maximum atomic E-state index is 11.3. The highest BCUT2D eigenvalue weighted by atomic mass is 32.1. The van der Waals surface area contributed by atoms with Crippen molar-refractivity contribution in [2.45, 2.75) is 13.0 Å². The van der Waals surface area contributed by atoms with Crippen LogP contribution in [0, 0.1) is 6.92 Å². The number of benzene rings is 2. The van der Waals surface area contributed by atoms with E-state index in [1.54, 1.807) is 12.3 Å². The molecule has 6 rings (SSSR count). The van der Waals surface area contributed by atoms with Crippen LogP contribution < -0.4 is 4.90 Å². The van der Waals surface area contributed by atoms with E-state index in [0.717, 1.165) is 31.1 Å². The second kappa shape index (κ2) is 8.62. The zero-order chi connectivity index (χ0) is 23.1. The number of anilines is 1. The Morgan fingerprint density at radius 3 is 2.50 bits per heavy atom. The summed E-state index contributed by atoms with van der Waals surface area (Å²) in [6.45, 7) is 5.73. The molecule has 1 N–H and O–H groups in total. The molecule has 1 aliphatic heterocycles. The van der Waals surface area contributed by atoms with Gasteiger partial charge in [0.25, 0.3) is 0 Å². The first kappa shape index (κ1) is 20.9. The zero-order valence-electron chi connectivity index (χ0n) is 18.8. The van der Waals surface area contributed by atoms with Crippen LogP contribution in [0.15, 0.2) is 77.4 Å². The molecule has 0 bridgehead atoms. The van der Waals surface area contributed by atoms with Crippen LogP contribution in [-0.2, 0) is 0 Å². The fourth-order valence-electron chi connectivity index (χ4n) is 4.68. The lowest BCUT2D eigenvalue weighted by atomic mass is 10.0. The van der Waals surface area contributed by atoms with Gasteiger partial charge in [0.2, 0.25) is 16.7 Å². The Kier molecular flexibility index (Phi) is 5.31. The summed E-state index contributed by atoms with van der Waals surface area (Å²) < 4.78 is 6.96. The number of aromatic hydroxyl groups is 1. The van der Waals surface area contributed by atoms with Gasteiger partial charge in [-0.2, -0.15) is 9.50 Å². The second-order valence-electron chi connectivity index (χ2n) is 8.57. The van der Waals surface area contributed by atoms with Crippen LogP contribution >= 0.6 is 11.3 Å². The van der Waals surface area contributed by atoms with Gasteiger partial charge < -0.3 is 14.4 Å². The van der Waals surface area contributed by atoms with E-state index in [9.17, 15) is 5.11 Å². The van der Waals surface area contributed by atoms with Crippen LogP contribution in [0.5, 0.6) is 5.88 Å². The van der Waals surface area contributed by atoms with E-state index in [0.29, 0.717) is 16.5 Å². The minimum atomic E-state index is -0.0709. The Balaban J connectivity index is 1.35. The van der Waals surface area contributed by atoms with Crippen molar-refractivity contribution in [3.05, 3.63) is 89.0 Å². The van der Waals surface area contributed by atoms with Gasteiger partial charge in [-0.3, -0.25) is 4.90 Å². The quantitative estimate of drug-likeness (QED) is 0.390. The smallest absolute Gasteiger partial charge is 0.230 e. The average molecular weight is 472 g/mol. The molecule has 0 radical (unpaired) electrons. The Labute approximate surface area is 201 Å². The summed E-state index contributed by atoms with van der Waals surface area (Å²) in [5.41, 5.74) is 3.62. The number of fused-ring (bicyclic) bond motifs is 1. The van der Waals surface area contributed by atoms with Gasteiger partial charge in [-0.25, -0.2) is 0 Å². The molecule has 7 nitrogen and oxygen atoms in total. The molecule has 8 heteroatoms. The van der Waals surface area contributed by atoms with Crippen LogP contribution in [0.3, 0.4) is 0 Å². The Hall–Kier alpha value is -3.62. The first-order valence-electron chi connectivity index (χ1n) is 11.4. The summed E-state index contributed by atoms with van der Waals surface area (Å²) in [5, 5.41) is 15.8. The molecule has 2 aromatic carbocycles. The predicted molar refractivity (Wildman–Crippen MR) is 133 cm³/mol. The van der Waals surface area contributed by atoms with E-state index >= 15 is 0 Å². The van der Waals surface area contributed by atoms with E-state index in [1.807, 2.05) is 6.07 Å². The third-order valence-electron chi connectivity index (χ3n) is 6.35. The number of furan rings is 1. The molecule has 0 aliphatic carbocycles. The minimum absolute atomic E-state index is 0.0709. The van der Waals surface area contributed by atoms with E-state index < -0.39 is 0 Å². The molecular weight excluding hydrogens is 446 g/mol. The molecule has 1 atom stereocenters. The second-order valence-corrected chi connectivity index (χ2v) is 9.58. The van der Waals surface area contributed by atoms with E-state index in [4.69, 9.17) is 4.42 Å². The third kappa shape index (κ3) is 3.74. The molecule has 0 saturated carbocycles. The molecule has 172 valence electrons. The zero-order valence-corrected chi connectivity index (χ0v) is 19.7. The lowest BCUT2D eigenvalue weighted by Crippen LogP contribution is -2.47. The molecule has 5 aromatic rings. The van der Waals surface area contributed by atoms with Gasteiger partial charge in [-0.15, -0.1) is 5.10 Å². The Morgan fingerprint density at radius 1 is 0.971 bits per heavy atom. The average Bonchev–Trinajstić information content (AvgIpc) is 3.60. The number of hydrogen-bond acceptors (Lipinski definition) is 7. The van der Waals surface area contributed by atoms with Crippen LogP contribution in [0.25, 0.3) is 16.5 Å². The number of hydrogen-bond donors (Lipinski definition) is 1. The van der Waals surface area contributed by atoms with Crippen molar-refractivity contribution in [3.63, 3.8) is 0 Å². The monoisotopic (exact) mass is 471 g/mol. The van der Waals surface area contributed by atoms with Crippen molar-refractivity contribution in [3.8, 4) is 17.5 Å². The molecule has 34 heavy (non-hydrogen) atoms. The highest BCUT2D eigenvalue weighted by Gasteiger charge is 2.32.